The molecule has 0 spiro atoms. The fraction of sp³-hybridized carbons (Fsp3) is 0.500. The van der Waals surface area contributed by atoms with Gasteiger partial charge in [0.2, 0.25) is 0 Å². The Hall–Kier alpha value is -0.820. The third-order valence-electron chi connectivity index (χ3n) is 2.69. The highest BCUT2D eigenvalue weighted by atomic mass is 14.9. The first-order chi connectivity index (χ1) is 6.45. The van der Waals surface area contributed by atoms with Crippen molar-refractivity contribution >= 4 is 0 Å². The lowest BCUT2D eigenvalue weighted by Gasteiger charge is -2.22. The SMILES string of the molecule is [c]1cccc(CC2CCCNC2)c1. The fourth-order valence-electron chi connectivity index (χ4n) is 1.99. The van der Waals surface area contributed by atoms with Crippen LogP contribution in [0.25, 0.3) is 0 Å². The molecule has 0 bridgehead atoms. The van der Waals surface area contributed by atoms with Crippen LogP contribution < -0.4 is 5.32 Å². The minimum Gasteiger partial charge on any atom is -0.316 e. The number of piperidine rings is 1. The molecule has 0 aliphatic carbocycles. The molecule has 0 aromatic heterocycles. The van der Waals surface area contributed by atoms with Gasteiger partial charge in [0.15, 0.2) is 0 Å². The van der Waals surface area contributed by atoms with Gasteiger partial charge in [-0.2, -0.15) is 0 Å². The van der Waals surface area contributed by atoms with Crippen LogP contribution >= 0.6 is 0 Å². The van der Waals surface area contributed by atoms with Crippen molar-refractivity contribution in [2.45, 2.75) is 19.3 Å². The molecule has 1 aliphatic rings. The van der Waals surface area contributed by atoms with Crippen LogP contribution in [0.4, 0.5) is 0 Å². The maximum absolute atomic E-state index is 3.44. The van der Waals surface area contributed by atoms with E-state index in [9.17, 15) is 0 Å². The molecular weight excluding hydrogens is 158 g/mol. The molecule has 1 atom stereocenters. The quantitative estimate of drug-likeness (QED) is 0.723. The van der Waals surface area contributed by atoms with Gasteiger partial charge >= 0.3 is 0 Å². The zero-order valence-electron chi connectivity index (χ0n) is 7.92. The van der Waals surface area contributed by atoms with Crippen molar-refractivity contribution < 1.29 is 0 Å². The molecular formula is C12H16N. The smallest absolute Gasteiger partial charge is 0.00173 e. The van der Waals surface area contributed by atoms with E-state index >= 15 is 0 Å². The first kappa shape index (κ1) is 8.76. The van der Waals surface area contributed by atoms with Crippen LogP contribution in [0.5, 0.6) is 0 Å². The van der Waals surface area contributed by atoms with E-state index < -0.39 is 0 Å². The molecule has 1 heteroatoms. The Bertz CT molecular complexity index is 237. The minimum absolute atomic E-state index is 0.838. The van der Waals surface area contributed by atoms with Crippen molar-refractivity contribution in [2.24, 2.45) is 5.92 Å². The summed E-state index contributed by atoms with van der Waals surface area (Å²) in [7, 11) is 0. The largest absolute Gasteiger partial charge is 0.316 e. The highest BCUT2D eigenvalue weighted by Crippen LogP contribution is 2.15. The zero-order valence-corrected chi connectivity index (χ0v) is 7.92. The Balaban J connectivity index is 1.90. The molecule has 69 valence electrons. The van der Waals surface area contributed by atoms with E-state index in [-0.39, 0.29) is 0 Å². The summed E-state index contributed by atoms with van der Waals surface area (Å²) >= 11 is 0. The number of benzene rings is 1. The second-order valence-corrected chi connectivity index (χ2v) is 3.83. The maximum atomic E-state index is 3.44. The third-order valence-corrected chi connectivity index (χ3v) is 2.69. The van der Waals surface area contributed by atoms with Crippen LogP contribution in [0, 0.1) is 12.0 Å². The van der Waals surface area contributed by atoms with E-state index in [1.165, 1.54) is 37.9 Å². The van der Waals surface area contributed by atoms with Crippen LogP contribution in [-0.2, 0) is 6.42 Å². The second kappa shape index (κ2) is 4.43. The molecule has 1 aromatic rings. The van der Waals surface area contributed by atoms with Gasteiger partial charge in [-0.15, -0.1) is 0 Å². The molecule has 1 unspecified atom stereocenters. The monoisotopic (exact) mass is 174 g/mol. The molecule has 1 aromatic carbocycles. The van der Waals surface area contributed by atoms with E-state index in [1.54, 1.807) is 0 Å². The molecule has 1 radical (unpaired) electrons. The molecule has 1 aliphatic heterocycles. The average Bonchev–Trinajstić information content (AvgIpc) is 2.21. The number of hydrogen-bond acceptors (Lipinski definition) is 1. The van der Waals surface area contributed by atoms with E-state index in [0.29, 0.717) is 0 Å². The number of hydrogen-bond donors (Lipinski definition) is 1. The van der Waals surface area contributed by atoms with E-state index in [4.69, 9.17) is 0 Å². The summed E-state index contributed by atoms with van der Waals surface area (Å²) in [5.41, 5.74) is 1.43. The second-order valence-electron chi connectivity index (χ2n) is 3.83. The number of rotatable bonds is 2. The zero-order chi connectivity index (χ0) is 8.93. The van der Waals surface area contributed by atoms with Crippen LogP contribution in [0.2, 0.25) is 0 Å². The first-order valence-corrected chi connectivity index (χ1v) is 5.11. The Morgan fingerprint density at radius 3 is 3.23 bits per heavy atom. The maximum Gasteiger partial charge on any atom is -0.00173 e. The summed E-state index contributed by atoms with van der Waals surface area (Å²) < 4.78 is 0. The van der Waals surface area contributed by atoms with Crippen molar-refractivity contribution in [3.63, 3.8) is 0 Å². The Labute approximate surface area is 80.2 Å². The summed E-state index contributed by atoms with van der Waals surface area (Å²) in [4.78, 5) is 0. The van der Waals surface area contributed by atoms with Crippen molar-refractivity contribution in [1.29, 1.82) is 0 Å². The van der Waals surface area contributed by atoms with Crippen LogP contribution in [0.3, 0.4) is 0 Å². The predicted octanol–water partition coefficient (Wildman–Crippen LogP) is 2.03. The van der Waals surface area contributed by atoms with Gasteiger partial charge in [-0.25, -0.2) is 0 Å². The van der Waals surface area contributed by atoms with Crippen molar-refractivity contribution in [3.8, 4) is 0 Å². The van der Waals surface area contributed by atoms with Crippen LogP contribution in [0.1, 0.15) is 18.4 Å². The third kappa shape index (κ3) is 2.56. The van der Waals surface area contributed by atoms with E-state index in [2.05, 4.69) is 29.6 Å². The first-order valence-electron chi connectivity index (χ1n) is 5.11. The van der Waals surface area contributed by atoms with Crippen molar-refractivity contribution in [3.05, 3.63) is 35.9 Å². The van der Waals surface area contributed by atoms with Crippen LogP contribution in [-0.4, -0.2) is 13.1 Å². The van der Waals surface area contributed by atoms with Gasteiger partial charge in [-0.05, 0) is 49.9 Å². The van der Waals surface area contributed by atoms with Gasteiger partial charge in [-0.3, -0.25) is 0 Å². The molecule has 2 rings (SSSR count). The average molecular weight is 174 g/mol. The summed E-state index contributed by atoms with van der Waals surface area (Å²) in [6.45, 7) is 2.40. The van der Waals surface area contributed by atoms with E-state index in [0.717, 1.165) is 5.92 Å². The molecule has 1 saturated heterocycles. The molecule has 13 heavy (non-hydrogen) atoms. The Kier molecular flexibility index (Phi) is 2.98. The standard InChI is InChI=1S/C12H16N/c1-2-5-11(6-3-1)9-12-7-4-8-13-10-12/h1-2,5-6,12-13H,4,7-10H2. The lowest BCUT2D eigenvalue weighted by atomic mass is 9.92. The summed E-state index contributed by atoms with van der Waals surface area (Å²) in [5, 5.41) is 3.44. The Morgan fingerprint density at radius 2 is 2.54 bits per heavy atom. The topological polar surface area (TPSA) is 12.0 Å². The fourth-order valence-corrected chi connectivity index (χ4v) is 1.99. The highest BCUT2D eigenvalue weighted by molar-refractivity contribution is 5.14. The lowest BCUT2D eigenvalue weighted by molar-refractivity contribution is 0.376. The normalized spacial score (nSPS) is 22.9. The Morgan fingerprint density at radius 1 is 1.54 bits per heavy atom. The van der Waals surface area contributed by atoms with Gasteiger partial charge in [0, 0.05) is 0 Å². The van der Waals surface area contributed by atoms with Gasteiger partial charge in [-0.1, -0.05) is 24.3 Å². The van der Waals surface area contributed by atoms with Crippen molar-refractivity contribution in [1.82, 2.24) is 5.32 Å². The molecule has 1 N–H and O–H groups in total. The van der Waals surface area contributed by atoms with Gasteiger partial charge in [0.1, 0.15) is 0 Å². The van der Waals surface area contributed by atoms with Crippen LogP contribution in [0.15, 0.2) is 24.3 Å². The summed E-state index contributed by atoms with van der Waals surface area (Å²) in [5.74, 6) is 0.838. The molecule has 0 saturated carbocycles. The van der Waals surface area contributed by atoms with Gasteiger partial charge in [0.05, 0.1) is 0 Å². The van der Waals surface area contributed by atoms with Gasteiger partial charge < -0.3 is 5.32 Å². The molecule has 1 nitrogen and oxygen atoms in total. The summed E-state index contributed by atoms with van der Waals surface area (Å²) in [6.07, 6.45) is 3.92. The molecule has 1 fully saturated rings. The molecule has 0 amide bonds. The highest BCUT2D eigenvalue weighted by Gasteiger charge is 2.12. The minimum atomic E-state index is 0.838. The molecule has 1 heterocycles. The predicted molar refractivity (Wildman–Crippen MR) is 54.6 cm³/mol. The number of nitrogens with one attached hydrogen (secondary N) is 1. The van der Waals surface area contributed by atoms with Crippen molar-refractivity contribution in [2.75, 3.05) is 13.1 Å². The lowest BCUT2D eigenvalue weighted by Crippen LogP contribution is -2.30. The summed E-state index contributed by atoms with van der Waals surface area (Å²) in [6, 6.07) is 11.5. The van der Waals surface area contributed by atoms with E-state index in [1.807, 2.05) is 6.07 Å². The van der Waals surface area contributed by atoms with Gasteiger partial charge in [0.25, 0.3) is 0 Å².